The fourth-order valence-electron chi connectivity index (χ4n) is 2.23. The van der Waals surface area contributed by atoms with Gasteiger partial charge in [0.1, 0.15) is 0 Å². The zero-order valence-electron chi connectivity index (χ0n) is 11.5. The summed E-state index contributed by atoms with van der Waals surface area (Å²) < 4.78 is 0. The van der Waals surface area contributed by atoms with Gasteiger partial charge in [0.15, 0.2) is 0 Å². The van der Waals surface area contributed by atoms with Crippen LogP contribution in [0.3, 0.4) is 0 Å². The summed E-state index contributed by atoms with van der Waals surface area (Å²) in [5, 5.41) is 6.34. The number of nitrogens with zero attached hydrogens (tertiary/aromatic N) is 1. The topological polar surface area (TPSA) is 44.4 Å². The van der Waals surface area contributed by atoms with Gasteiger partial charge in [0.25, 0.3) is 0 Å². The maximum atomic E-state index is 11.8. The Labute approximate surface area is 105 Å². The molecule has 2 N–H and O–H groups in total. The van der Waals surface area contributed by atoms with Crippen LogP contribution in [-0.2, 0) is 4.79 Å². The molecule has 0 aliphatic carbocycles. The minimum Gasteiger partial charge on any atom is -0.354 e. The van der Waals surface area contributed by atoms with Gasteiger partial charge in [0.2, 0.25) is 5.91 Å². The van der Waals surface area contributed by atoms with Gasteiger partial charge in [0, 0.05) is 32.7 Å². The smallest absolute Gasteiger partial charge is 0.234 e. The number of carbonyl (C=O) groups excluding carboxylic acids is 1. The highest BCUT2D eigenvalue weighted by Crippen LogP contribution is 2.20. The van der Waals surface area contributed by atoms with E-state index in [4.69, 9.17) is 0 Å². The number of rotatable bonds is 6. The van der Waals surface area contributed by atoms with E-state index in [2.05, 4.69) is 36.3 Å². The fraction of sp³-hybridized carbons (Fsp3) is 0.923. The van der Waals surface area contributed by atoms with Crippen molar-refractivity contribution in [1.82, 2.24) is 15.5 Å². The van der Waals surface area contributed by atoms with E-state index in [1.165, 1.54) is 6.42 Å². The van der Waals surface area contributed by atoms with Crippen LogP contribution in [0.1, 0.15) is 33.6 Å². The third-order valence-corrected chi connectivity index (χ3v) is 3.27. The van der Waals surface area contributed by atoms with Crippen molar-refractivity contribution >= 4 is 5.91 Å². The van der Waals surface area contributed by atoms with Gasteiger partial charge >= 0.3 is 0 Å². The van der Waals surface area contributed by atoms with Crippen LogP contribution in [-0.4, -0.2) is 50.1 Å². The van der Waals surface area contributed by atoms with Crippen molar-refractivity contribution in [2.24, 2.45) is 5.41 Å². The molecule has 1 aliphatic rings. The summed E-state index contributed by atoms with van der Waals surface area (Å²) in [6.07, 6.45) is 2.32. The van der Waals surface area contributed by atoms with Crippen LogP contribution in [0.2, 0.25) is 0 Å². The third-order valence-electron chi connectivity index (χ3n) is 3.27. The number of piperazine rings is 1. The molecule has 0 aromatic rings. The first kappa shape index (κ1) is 14.5. The Kier molecular flexibility index (Phi) is 5.92. The molecule has 1 rings (SSSR count). The predicted molar refractivity (Wildman–Crippen MR) is 71.0 cm³/mol. The molecule has 1 saturated heterocycles. The monoisotopic (exact) mass is 241 g/mol. The minimum atomic E-state index is 0.163. The van der Waals surface area contributed by atoms with Gasteiger partial charge in [-0.15, -0.1) is 0 Å². The van der Waals surface area contributed by atoms with Gasteiger partial charge < -0.3 is 10.6 Å². The first-order valence-corrected chi connectivity index (χ1v) is 6.73. The third kappa shape index (κ3) is 6.03. The predicted octanol–water partition coefficient (Wildman–Crippen LogP) is 0.834. The Balaban J connectivity index is 2.20. The highest BCUT2D eigenvalue weighted by atomic mass is 16.2. The van der Waals surface area contributed by atoms with Crippen molar-refractivity contribution in [3.05, 3.63) is 0 Å². The summed E-state index contributed by atoms with van der Waals surface area (Å²) in [6.45, 7) is 11.9. The molecular weight excluding hydrogens is 214 g/mol. The van der Waals surface area contributed by atoms with Gasteiger partial charge in [-0.2, -0.15) is 0 Å². The molecule has 0 atom stereocenters. The van der Waals surface area contributed by atoms with E-state index in [0.29, 0.717) is 6.54 Å². The van der Waals surface area contributed by atoms with Gasteiger partial charge in [-0.25, -0.2) is 0 Å². The van der Waals surface area contributed by atoms with Gasteiger partial charge in [-0.1, -0.05) is 27.2 Å². The van der Waals surface area contributed by atoms with Crippen molar-refractivity contribution in [2.45, 2.75) is 33.6 Å². The fourth-order valence-corrected chi connectivity index (χ4v) is 2.23. The average molecular weight is 241 g/mol. The first-order chi connectivity index (χ1) is 8.03. The molecule has 1 aliphatic heterocycles. The van der Waals surface area contributed by atoms with Gasteiger partial charge in [-0.3, -0.25) is 9.69 Å². The van der Waals surface area contributed by atoms with E-state index in [1.807, 2.05) is 0 Å². The lowest BCUT2D eigenvalue weighted by atomic mass is 9.88. The van der Waals surface area contributed by atoms with E-state index in [1.54, 1.807) is 0 Å². The van der Waals surface area contributed by atoms with Crippen molar-refractivity contribution in [3.8, 4) is 0 Å². The van der Waals surface area contributed by atoms with Crippen LogP contribution in [0.15, 0.2) is 0 Å². The number of hydrogen-bond donors (Lipinski definition) is 2. The standard InChI is InChI=1S/C13H27N3O/c1-4-5-13(2,3)11-15-12(17)10-16-8-6-14-7-9-16/h14H,4-11H2,1-3H3,(H,15,17). The van der Waals surface area contributed by atoms with E-state index < -0.39 is 0 Å². The highest BCUT2D eigenvalue weighted by Gasteiger charge is 2.19. The zero-order valence-corrected chi connectivity index (χ0v) is 11.5. The Morgan fingerprint density at radius 1 is 1.35 bits per heavy atom. The SMILES string of the molecule is CCCC(C)(C)CNC(=O)CN1CCNCC1. The summed E-state index contributed by atoms with van der Waals surface area (Å²) in [6, 6.07) is 0. The molecule has 0 bridgehead atoms. The van der Waals surface area contributed by atoms with E-state index in [9.17, 15) is 4.79 Å². The zero-order chi connectivity index (χ0) is 12.7. The second-order valence-electron chi connectivity index (χ2n) is 5.72. The quantitative estimate of drug-likeness (QED) is 0.724. The number of amides is 1. The Bertz CT molecular complexity index is 235. The summed E-state index contributed by atoms with van der Waals surface area (Å²) >= 11 is 0. The van der Waals surface area contributed by atoms with Gasteiger partial charge in [-0.05, 0) is 11.8 Å². The molecule has 1 fully saturated rings. The van der Waals surface area contributed by atoms with Crippen molar-refractivity contribution in [1.29, 1.82) is 0 Å². The van der Waals surface area contributed by atoms with Crippen molar-refractivity contribution in [3.63, 3.8) is 0 Å². The Morgan fingerprint density at radius 2 is 2.00 bits per heavy atom. The van der Waals surface area contributed by atoms with Crippen LogP contribution in [0.25, 0.3) is 0 Å². The molecule has 17 heavy (non-hydrogen) atoms. The maximum Gasteiger partial charge on any atom is 0.234 e. The number of nitrogens with one attached hydrogen (secondary N) is 2. The highest BCUT2D eigenvalue weighted by molar-refractivity contribution is 5.78. The van der Waals surface area contributed by atoms with Crippen LogP contribution in [0, 0.1) is 5.41 Å². The molecule has 4 nitrogen and oxygen atoms in total. The maximum absolute atomic E-state index is 11.8. The molecule has 0 aromatic heterocycles. The molecule has 1 heterocycles. The summed E-state index contributed by atoms with van der Waals surface area (Å²) in [5.41, 5.74) is 0.216. The molecule has 0 aromatic carbocycles. The van der Waals surface area contributed by atoms with Crippen molar-refractivity contribution < 1.29 is 4.79 Å². The normalized spacial score (nSPS) is 18.1. The summed E-state index contributed by atoms with van der Waals surface area (Å²) in [4.78, 5) is 14.0. The average Bonchev–Trinajstić information content (AvgIpc) is 2.28. The molecule has 0 saturated carbocycles. The molecule has 0 unspecified atom stereocenters. The van der Waals surface area contributed by atoms with E-state index in [-0.39, 0.29) is 11.3 Å². The lowest BCUT2D eigenvalue weighted by Crippen LogP contribution is -2.48. The van der Waals surface area contributed by atoms with Crippen molar-refractivity contribution in [2.75, 3.05) is 39.3 Å². The molecule has 100 valence electrons. The van der Waals surface area contributed by atoms with E-state index in [0.717, 1.165) is 39.1 Å². The molecule has 0 spiro atoms. The largest absolute Gasteiger partial charge is 0.354 e. The molecule has 1 amide bonds. The van der Waals surface area contributed by atoms with Crippen LogP contribution < -0.4 is 10.6 Å². The van der Waals surface area contributed by atoms with Crippen LogP contribution in [0.4, 0.5) is 0 Å². The minimum absolute atomic E-state index is 0.163. The summed E-state index contributed by atoms with van der Waals surface area (Å²) in [7, 11) is 0. The Hall–Kier alpha value is -0.610. The second kappa shape index (κ2) is 6.97. The molecule has 0 radical (unpaired) electrons. The molecule has 4 heteroatoms. The Morgan fingerprint density at radius 3 is 2.59 bits per heavy atom. The molecular formula is C13H27N3O. The second-order valence-corrected chi connectivity index (χ2v) is 5.72. The lowest BCUT2D eigenvalue weighted by molar-refractivity contribution is -0.122. The number of hydrogen-bond acceptors (Lipinski definition) is 3. The number of carbonyl (C=O) groups is 1. The first-order valence-electron chi connectivity index (χ1n) is 6.73. The van der Waals surface area contributed by atoms with E-state index >= 15 is 0 Å². The van der Waals surface area contributed by atoms with Gasteiger partial charge in [0.05, 0.1) is 6.54 Å². The van der Waals surface area contributed by atoms with Crippen LogP contribution >= 0.6 is 0 Å². The lowest BCUT2D eigenvalue weighted by Gasteiger charge is -2.28. The summed E-state index contributed by atoms with van der Waals surface area (Å²) in [5.74, 6) is 0.163. The van der Waals surface area contributed by atoms with Crippen LogP contribution in [0.5, 0.6) is 0 Å².